The molecule has 29 heavy (non-hydrogen) atoms. The minimum Gasteiger partial charge on any atom is -0.338 e. The summed E-state index contributed by atoms with van der Waals surface area (Å²) in [7, 11) is -3.70. The predicted molar refractivity (Wildman–Crippen MR) is 113 cm³/mol. The molecule has 6 nitrogen and oxygen atoms in total. The number of aromatic nitrogens is 2. The van der Waals surface area contributed by atoms with E-state index in [1.165, 1.54) is 4.31 Å². The van der Waals surface area contributed by atoms with E-state index >= 15 is 0 Å². The van der Waals surface area contributed by atoms with E-state index in [9.17, 15) is 8.42 Å². The number of sulfonamides is 1. The molecule has 1 aromatic heterocycles. The zero-order valence-electron chi connectivity index (χ0n) is 17.5. The standard InChI is InChI=1S/C22H27N3O3S/c1-15(2)18-10-12-20(13-11-18)29(26,27)25(16(3)4)14-21-23-22(24-28-21)19-8-6-17(5)7-9-19/h6-13,15-16H,14H2,1-5H3. The van der Waals surface area contributed by atoms with Crippen LogP contribution in [0.4, 0.5) is 0 Å². The van der Waals surface area contributed by atoms with Gasteiger partial charge in [0.1, 0.15) is 0 Å². The summed E-state index contributed by atoms with van der Waals surface area (Å²) in [6.07, 6.45) is 0. The van der Waals surface area contributed by atoms with E-state index in [-0.39, 0.29) is 23.4 Å². The Morgan fingerprint density at radius 3 is 2.14 bits per heavy atom. The van der Waals surface area contributed by atoms with Gasteiger partial charge < -0.3 is 4.52 Å². The Balaban J connectivity index is 1.85. The van der Waals surface area contributed by atoms with E-state index in [0.717, 1.165) is 16.7 Å². The van der Waals surface area contributed by atoms with Crippen LogP contribution in [0.15, 0.2) is 57.9 Å². The van der Waals surface area contributed by atoms with Crippen LogP contribution in [0.1, 0.15) is 50.6 Å². The molecule has 0 amide bonds. The van der Waals surface area contributed by atoms with E-state index in [4.69, 9.17) is 4.52 Å². The van der Waals surface area contributed by atoms with E-state index in [1.54, 1.807) is 12.1 Å². The third kappa shape index (κ3) is 4.74. The summed E-state index contributed by atoms with van der Waals surface area (Å²) >= 11 is 0. The molecule has 0 atom stereocenters. The fourth-order valence-electron chi connectivity index (χ4n) is 2.98. The van der Waals surface area contributed by atoms with E-state index in [1.807, 2.05) is 57.2 Å². The molecule has 0 aliphatic heterocycles. The molecule has 0 saturated heterocycles. The number of benzene rings is 2. The van der Waals surface area contributed by atoms with Gasteiger partial charge in [0.15, 0.2) is 0 Å². The fourth-order valence-corrected chi connectivity index (χ4v) is 4.56. The van der Waals surface area contributed by atoms with Crippen molar-refractivity contribution in [3.05, 3.63) is 65.5 Å². The number of nitrogens with zero attached hydrogens (tertiary/aromatic N) is 3. The van der Waals surface area contributed by atoms with Gasteiger partial charge in [-0.3, -0.25) is 0 Å². The van der Waals surface area contributed by atoms with Crippen molar-refractivity contribution < 1.29 is 12.9 Å². The molecule has 2 aromatic carbocycles. The van der Waals surface area contributed by atoms with Gasteiger partial charge in [0.05, 0.1) is 11.4 Å². The van der Waals surface area contributed by atoms with Gasteiger partial charge in [-0.05, 0) is 44.4 Å². The molecule has 1 heterocycles. The average molecular weight is 414 g/mol. The summed E-state index contributed by atoms with van der Waals surface area (Å²) in [6.45, 7) is 9.83. The Bertz CT molecular complexity index is 1050. The zero-order chi connectivity index (χ0) is 21.2. The molecule has 154 valence electrons. The SMILES string of the molecule is Cc1ccc(-c2noc(CN(C(C)C)S(=O)(=O)c3ccc(C(C)C)cc3)n2)cc1. The maximum absolute atomic E-state index is 13.2. The first-order valence-corrected chi connectivity index (χ1v) is 11.1. The summed E-state index contributed by atoms with van der Waals surface area (Å²) in [5.74, 6) is 1.05. The van der Waals surface area contributed by atoms with E-state index in [2.05, 4.69) is 24.0 Å². The third-order valence-electron chi connectivity index (χ3n) is 4.80. The normalized spacial score (nSPS) is 12.3. The summed E-state index contributed by atoms with van der Waals surface area (Å²) in [6, 6.07) is 14.5. The third-order valence-corrected chi connectivity index (χ3v) is 6.83. The molecule has 0 saturated carbocycles. The van der Waals surface area contributed by atoms with Crippen molar-refractivity contribution in [3.8, 4) is 11.4 Å². The first-order valence-electron chi connectivity index (χ1n) is 9.70. The van der Waals surface area contributed by atoms with E-state index in [0.29, 0.717) is 11.7 Å². The number of aryl methyl sites for hydroxylation is 1. The number of hydrogen-bond donors (Lipinski definition) is 0. The van der Waals surface area contributed by atoms with Crippen LogP contribution >= 0.6 is 0 Å². The largest absolute Gasteiger partial charge is 0.338 e. The first kappa shape index (κ1) is 21.2. The Morgan fingerprint density at radius 1 is 0.966 bits per heavy atom. The van der Waals surface area contributed by atoms with Crippen molar-refractivity contribution >= 4 is 10.0 Å². The van der Waals surface area contributed by atoms with Crippen LogP contribution in [0.25, 0.3) is 11.4 Å². The Hall–Kier alpha value is -2.51. The molecule has 0 aliphatic rings. The fraction of sp³-hybridized carbons (Fsp3) is 0.364. The molecular formula is C22H27N3O3S. The quantitative estimate of drug-likeness (QED) is 0.558. The lowest BCUT2D eigenvalue weighted by Gasteiger charge is -2.24. The zero-order valence-corrected chi connectivity index (χ0v) is 18.3. The van der Waals surface area contributed by atoms with Gasteiger partial charge in [-0.25, -0.2) is 8.42 Å². The molecular weight excluding hydrogens is 386 g/mol. The van der Waals surface area contributed by atoms with Gasteiger partial charge in [0.25, 0.3) is 0 Å². The molecule has 0 fully saturated rings. The second kappa shape index (κ2) is 8.47. The van der Waals surface area contributed by atoms with Crippen molar-refractivity contribution in [2.45, 2.75) is 58.0 Å². The summed E-state index contributed by atoms with van der Waals surface area (Å²) in [5.41, 5.74) is 3.06. The van der Waals surface area contributed by atoms with Crippen LogP contribution in [-0.2, 0) is 16.6 Å². The summed E-state index contributed by atoms with van der Waals surface area (Å²) in [4.78, 5) is 4.65. The van der Waals surface area contributed by atoms with Gasteiger partial charge in [0, 0.05) is 11.6 Å². The predicted octanol–water partition coefficient (Wildman–Crippen LogP) is 4.77. The van der Waals surface area contributed by atoms with Gasteiger partial charge in [0.2, 0.25) is 21.7 Å². The van der Waals surface area contributed by atoms with Crippen molar-refractivity contribution in [2.24, 2.45) is 0 Å². The van der Waals surface area contributed by atoms with Crippen LogP contribution in [0.2, 0.25) is 0 Å². The second-order valence-corrected chi connectivity index (χ2v) is 9.64. The Morgan fingerprint density at radius 2 is 1.59 bits per heavy atom. The first-order chi connectivity index (χ1) is 13.7. The van der Waals surface area contributed by atoms with Crippen molar-refractivity contribution in [1.29, 1.82) is 0 Å². The highest BCUT2D eigenvalue weighted by Gasteiger charge is 2.29. The van der Waals surface area contributed by atoms with Crippen LogP contribution < -0.4 is 0 Å². The lowest BCUT2D eigenvalue weighted by molar-refractivity contribution is 0.286. The van der Waals surface area contributed by atoms with Gasteiger partial charge in [-0.2, -0.15) is 9.29 Å². The van der Waals surface area contributed by atoms with Crippen LogP contribution in [-0.4, -0.2) is 28.9 Å². The monoisotopic (exact) mass is 413 g/mol. The Labute approximate surface area is 172 Å². The molecule has 3 rings (SSSR count). The highest BCUT2D eigenvalue weighted by Crippen LogP contribution is 2.24. The molecule has 0 unspecified atom stereocenters. The molecule has 0 radical (unpaired) electrons. The maximum Gasteiger partial charge on any atom is 0.243 e. The highest BCUT2D eigenvalue weighted by atomic mass is 32.2. The molecule has 7 heteroatoms. The Kier molecular flexibility index (Phi) is 6.19. The second-order valence-electron chi connectivity index (χ2n) is 7.75. The van der Waals surface area contributed by atoms with Gasteiger partial charge >= 0.3 is 0 Å². The lowest BCUT2D eigenvalue weighted by atomic mass is 10.0. The molecule has 0 spiro atoms. The number of rotatable bonds is 7. The van der Waals surface area contributed by atoms with Crippen LogP contribution in [0, 0.1) is 6.92 Å². The minimum absolute atomic E-state index is 0.0186. The smallest absolute Gasteiger partial charge is 0.243 e. The molecule has 0 bridgehead atoms. The molecule has 0 aliphatic carbocycles. The van der Waals surface area contributed by atoms with Crippen LogP contribution in [0.5, 0.6) is 0 Å². The average Bonchev–Trinajstić information content (AvgIpc) is 3.15. The topological polar surface area (TPSA) is 76.3 Å². The van der Waals surface area contributed by atoms with E-state index < -0.39 is 10.0 Å². The molecule has 3 aromatic rings. The summed E-state index contributed by atoms with van der Waals surface area (Å²) in [5, 5.41) is 4.01. The highest BCUT2D eigenvalue weighted by molar-refractivity contribution is 7.89. The van der Waals surface area contributed by atoms with Gasteiger partial charge in [-0.15, -0.1) is 0 Å². The van der Waals surface area contributed by atoms with Crippen molar-refractivity contribution in [3.63, 3.8) is 0 Å². The molecule has 0 N–H and O–H groups in total. The maximum atomic E-state index is 13.2. The lowest BCUT2D eigenvalue weighted by Crippen LogP contribution is -2.36. The van der Waals surface area contributed by atoms with Crippen molar-refractivity contribution in [1.82, 2.24) is 14.4 Å². The van der Waals surface area contributed by atoms with Gasteiger partial charge in [-0.1, -0.05) is 61.0 Å². The summed E-state index contributed by atoms with van der Waals surface area (Å²) < 4.78 is 33.1. The van der Waals surface area contributed by atoms with Crippen LogP contribution in [0.3, 0.4) is 0 Å². The number of hydrogen-bond acceptors (Lipinski definition) is 5. The minimum atomic E-state index is -3.70. The van der Waals surface area contributed by atoms with Crippen molar-refractivity contribution in [2.75, 3.05) is 0 Å².